The zero-order valence-corrected chi connectivity index (χ0v) is 26.7. The maximum atomic E-state index is 13.2. The second-order valence-electron chi connectivity index (χ2n) is 10.7. The molecular weight excluding hydrogens is 633 g/mol. The normalized spacial score (nSPS) is 14.2. The first-order chi connectivity index (χ1) is 20.9. The summed E-state index contributed by atoms with van der Waals surface area (Å²) in [6.07, 6.45) is -0.698. The molecule has 2 N–H and O–H groups in total. The quantitative estimate of drug-likeness (QED) is 0.212. The Morgan fingerprint density at radius 2 is 1.60 bits per heavy atom. The molecule has 3 aromatic carbocycles. The van der Waals surface area contributed by atoms with E-state index in [9.17, 15) is 26.4 Å². The average Bonchev–Trinajstić information content (AvgIpc) is 2.95. The maximum absolute atomic E-state index is 13.2. The molecule has 1 saturated heterocycles. The third kappa shape index (κ3) is 12.0. The molecule has 1 fully saturated rings. The minimum absolute atomic E-state index is 0. The van der Waals surface area contributed by atoms with Gasteiger partial charge < -0.3 is 14.8 Å². The van der Waals surface area contributed by atoms with E-state index in [1.165, 1.54) is 23.1 Å². The predicted molar refractivity (Wildman–Crippen MR) is 171 cm³/mol. The summed E-state index contributed by atoms with van der Waals surface area (Å²) in [5.74, 6) is 0.869. The minimum Gasteiger partial charge on any atom is -0.457 e. The molecule has 0 saturated carbocycles. The van der Waals surface area contributed by atoms with Crippen molar-refractivity contribution in [3.05, 3.63) is 78.4 Å². The third-order valence-electron chi connectivity index (χ3n) is 6.98. The van der Waals surface area contributed by atoms with Crippen LogP contribution in [0.5, 0.6) is 17.2 Å². The number of nitrogens with one attached hydrogen (secondary N) is 2. The van der Waals surface area contributed by atoms with Gasteiger partial charge in [-0.1, -0.05) is 31.5 Å². The molecule has 45 heavy (non-hydrogen) atoms. The number of halogens is 4. The molecule has 14 heteroatoms. The van der Waals surface area contributed by atoms with Crippen molar-refractivity contribution in [2.24, 2.45) is 0 Å². The van der Waals surface area contributed by atoms with E-state index in [0.717, 1.165) is 50.7 Å². The smallest absolute Gasteiger partial charge is 0.457 e. The first-order valence-corrected chi connectivity index (χ1v) is 16.3. The summed E-state index contributed by atoms with van der Waals surface area (Å²) < 4.78 is 73.2. The molecule has 1 aliphatic rings. The van der Waals surface area contributed by atoms with E-state index in [1.807, 2.05) is 31.2 Å². The highest BCUT2D eigenvalue weighted by Crippen LogP contribution is 2.28. The van der Waals surface area contributed by atoms with Crippen molar-refractivity contribution in [1.82, 2.24) is 10.2 Å². The molecule has 0 aromatic heterocycles. The highest BCUT2D eigenvalue weighted by molar-refractivity contribution is 7.92. The molecule has 0 atom stereocenters. The Balaban J connectivity index is 0.00000552. The third-order valence-corrected chi connectivity index (χ3v) is 7.59. The number of alkyl halides is 3. The second kappa shape index (κ2) is 16.1. The van der Waals surface area contributed by atoms with Gasteiger partial charge >= 0.3 is 12.4 Å². The average molecular weight is 671 g/mol. The van der Waals surface area contributed by atoms with E-state index in [2.05, 4.69) is 19.7 Å². The number of rotatable bonds is 12. The van der Waals surface area contributed by atoms with Crippen LogP contribution in [0.15, 0.2) is 72.8 Å². The van der Waals surface area contributed by atoms with Crippen molar-refractivity contribution in [2.45, 2.75) is 51.6 Å². The number of carbonyl (C=O) groups is 1. The molecule has 0 radical (unpaired) electrons. The van der Waals surface area contributed by atoms with E-state index >= 15 is 0 Å². The van der Waals surface area contributed by atoms with Crippen molar-refractivity contribution in [1.29, 1.82) is 0 Å². The van der Waals surface area contributed by atoms with Gasteiger partial charge in [0, 0.05) is 49.7 Å². The number of benzene rings is 3. The van der Waals surface area contributed by atoms with Crippen molar-refractivity contribution in [3.63, 3.8) is 0 Å². The number of urea groups is 1. The van der Waals surface area contributed by atoms with E-state index < -0.39 is 16.4 Å². The number of hydrogen-bond acceptors (Lipinski definition) is 6. The number of ether oxygens (including phenoxy) is 2. The molecule has 0 unspecified atom stereocenters. The lowest BCUT2D eigenvalue weighted by Gasteiger charge is -2.34. The first-order valence-electron chi connectivity index (χ1n) is 14.4. The van der Waals surface area contributed by atoms with E-state index in [-0.39, 0.29) is 30.2 Å². The Hall–Kier alpha value is -3.68. The highest BCUT2D eigenvalue weighted by atomic mass is 35.5. The maximum Gasteiger partial charge on any atom is 0.573 e. The topological polar surface area (TPSA) is 100 Å². The summed E-state index contributed by atoms with van der Waals surface area (Å²) in [6, 6.07) is 19.5. The van der Waals surface area contributed by atoms with Crippen molar-refractivity contribution < 1.29 is 35.9 Å². The Morgan fingerprint density at radius 1 is 0.978 bits per heavy atom. The largest absolute Gasteiger partial charge is 0.573 e. The molecule has 3 aromatic rings. The molecule has 1 heterocycles. The van der Waals surface area contributed by atoms with Crippen molar-refractivity contribution in [2.75, 3.05) is 35.5 Å². The van der Waals surface area contributed by atoms with Gasteiger partial charge in [-0.25, -0.2) is 13.2 Å². The lowest BCUT2D eigenvalue weighted by Crippen LogP contribution is -2.49. The van der Waals surface area contributed by atoms with Crippen molar-refractivity contribution in [3.8, 4) is 17.2 Å². The van der Waals surface area contributed by atoms with Crippen LogP contribution < -0.4 is 24.4 Å². The minimum atomic E-state index is -4.81. The van der Waals surface area contributed by atoms with Gasteiger partial charge in [0.25, 0.3) is 0 Å². The van der Waals surface area contributed by atoms with E-state index in [1.54, 1.807) is 30.3 Å². The molecule has 0 bridgehead atoms. The number of amides is 2. The standard InChI is InChI=1S/C31H37F3N4O5S.ClH/c1-3-4-18-38(26-6-5-7-29(21-26)43-31(32,33)34)30(39)35-24-16-19-37(20-17-24)22-23-8-12-27(13-9-23)42-28-14-10-25(11-15-28)36-44(2,40)41;/h5-15,21,24,36H,3-4,16-20,22H2,1-2H3,(H,35,39);1H. The van der Waals surface area contributed by atoms with Gasteiger partial charge in [0.05, 0.1) is 6.26 Å². The summed E-state index contributed by atoms with van der Waals surface area (Å²) in [5, 5.41) is 3.07. The lowest BCUT2D eigenvalue weighted by molar-refractivity contribution is -0.274. The number of unbranched alkanes of at least 4 members (excludes halogenated alkanes) is 1. The van der Waals surface area contributed by atoms with Gasteiger partial charge in [-0.2, -0.15) is 0 Å². The second-order valence-corrected chi connectivity index (χ2v) is 12.4. The van der Waals surface area contributed by atoms with Crippen LogP contribution in [0.3, 0.4) is 0 Å². The van der Waals surface area contributed by atoms with Crippen LogP contribution >= 0.6 is 12.4 Å². The van der Waals surface area contributed by atoms with Crippen molar-refractivity contribution >= 4 is 39.8 Å². The van der Waals surface area contributed by atoms with Crippen LogP contribution in [-0.4, -0.2) is 57.6 Å². The molecule has 9 nitrogen and oxygen atoms in total. The fourth-order valence-electron chi connectivity index (χ4n) is 4.86. The van der Waals surface area contributed by atoms with Crippen LogP contribution in [0.2, 0.25) is 0 Å². The zero-order valence-electron chi connectivity index (χ0n) is 25.0. The summed E-state index contributed by atoms with van der Waals surface area (Å²) in [4.78, 5) is 17.0. The van der Waals surface area contributed by atoms with Gasteiger partial charge in [-0.05, 0) is 73.4 Å². The van der Waals surface area contributed by atoms with Crippen LogP contribution in [-0.2, 0) is 16.6 Å². The van der Waals surface area contributed by atoms with Gasteiger partial charge in [0.1, 0.15) is 17.2 Å². The van der Waals surface area contributed by atoms with Crippen LogP contribution in [0, 0.1) is 0 Å². The SMILES string of the molecule is CCCCN(C(=O)NC1CCN(Cc2ccc(Oc3ccc(NS(C)(=O)=O)cc3)cc2)CC1)c1cccc(OC(F)(F)F)c1.Cl. The first kappa shape index (κ1) is 35.8. The summed E-state index contributed by atoms with van der Waals surface area (Å²) in [5.41, 5.74) is 1.92. The predicted octanol–water partition coefficient (Wildman–Crippen LogP) is 7.15. The molecule has 0 aliphatic carbocycles. The van der Waals surface area contributed by atoms with Gasteiger partial charge in [0.2, 0.25) is 10.0 Å². The van der Waals surface area contributed by atoms with E-state index in [0.29, 0.717) is 35.8 Å². The number of piperidine rings is 1. The van der Waals surface area contributed by atoms with Crippen LogP contribution in [0.25, 0.3) is 0 Å². The van der Waals surface area contributed by atoms with Gasteiger partial charge in [-0.3, -0.25) is 14.5 Å². The van der Waals surface area contributed by atoms with Gasteiger partial charge in [0.15, 0.2) is 0 Å². The summed E-state index contributed by atoms with van der Waals surface area (Å²) in [6.45, 7) is 4.66. The molecule has 1 aliphatic heterocycles. The molecule has 246 valence electrons. The number of sulfonamides is 1. The Labute approximate surface area is 268 Å². The summed E-state index contributed by atoms with van der Waals surface area (Å²) in [7, 11) is -3.35. The monoisotopic (exact) mass is 670 g/mol. The highest BCUT2D eigenvalue weighted by Gasteiger charge is 2.31. The Kier molecular flexibility index (Phi) is 12.8. The molecular formula is C31H38ClF3N4O5S. The fraction of sp³-hybridized carbons (Fsp3) is 0.387. The lowest BCUT2D eigenvalue weighted by atomic mass is 10.0. The molecule has 2 amide bonds. The van der Waals surface area contributed by atoms with E-state index in [4.69, 9.17) is 4.74 Å². The summed E-state index contributed by atoms with van der Waals surface area (Å²) >= 11 is 0. The number of nitrogens with zero attached hydrogens (tertiary/aromatic N) is 2. The van der Waals surface area contributed by atoms with Crippen LogP contribution in [0.1, 0.15) is 38.2 Å². The van der Waals surface area contributed by atoms with Gasteiger partial charge in [-0.15, -0.1) is 25.6 Å². The number of carbonyl (C=O) groups excluding carboxylic acids is 1. The molecule has 0 spiro atoms. The number of anilines is 2. The number of likely N-dealkylation sites (tertiary alicyclic amines) is 1. The Bertz CT molecular complexity index is 1480. The van der Waals surface area contributed by atoms with Crippen LogP contribution in [0.4, 0.5) is 29.3 Å². The Morgan fingerprint density at radius 3 is 2.18 bits per heavy atom. The fourth-order valence-corrected chi connectivity index (χ4v) is 5.43. The number of hydrogen-bond donors (Lipinski definition) is 2. The molecule has 4 rings (SSSR count). The zero-order chi connectivity index (χ0) is 31.7.